The van der Waals surface area contributed by atoms with E-state index in [4.69, 9.17) is 11.6 Å². The fourth-order valence-corrected chi connectivity index (χ4v) is 3.64. The van der Waals surface area contributed by atoms with Gasteiger partial charge in [-0.3, -0.25) is 9.59 Å². The number of hydrogen-bond donors (Lipinski definition) is 0. The quantitative estimate of drug-likeness (QED) is 0.673. The number of benzene rings is 3. The zero-order chi connectivity index (χ0) is 18.8. The number of amides is 2. The fourth-order valence-electron chi connectivity index (χ4n) is 3.42. The molecular formula is C22H19ClN2O2. The van der Waals surface area contributed by atoms with E-state index >= 15 is 0 Å². The van der Waals surface area contributed by atoms with Crippen LogP contribution in [0.4, 0.5) is 0 Å². The first-order chi connectivity index (χ1) is 13.1. The first-order valence-corrected chi connectivity index (χ1v) is 9.33. The van der Waals surface area contributed by atoms with Crippen LogP contribution in [0.2, 0.25) is 5.02 Å². The van der Waals surface area contributed by atoms with Crippen LogP contribution >= 0.6 is 11.6 Å². The molecule has 4 rings (SSSR count). The zero-order valence-corrected chi connectivity index (χ0v) is 15.5. The van der Waals surface area contributed by atoms with Crippen LogP contribution in [0.25, 0.3) is 10.8 Å². The van der Waals surface area contributed by atoms with Crippen LogP contribution in [0.15, 0.2) is 66.7 Å². The Morgan fingerprint density at radius 1 is 0.704 bits per heavy atom. The number of hydrogen-bond acceptors (Lipinski definition) is 2. The average molecular weight is 379 g/mol. The number of nitrogens with zero attached hydrogens (tertiary/aromatic N) is 2. The van der Waals surface area contributed by atoms with E-state index in [1.165, 1.54) is 0 Å². The number of piperazine rings is 1. The van der Waals surface area contributed by atoms with Gasteiger partial charge in [0.25, 0.3) is 11.8 Å². The maximum atomic E-state index is 12.8. The molecule has 0 radical (unpaired) electrons. The summed E-state index contributed by atoms with van der Waals surface area (Å²) in [7, 11) is 0. The van der Waals surface area contributed by atoms with E-state index in [0.29, 0.717) is 42.3 Å². The minimum absolute atomic E-state index is 0.00518. The van der Waals surface area contributed by atoms with Crippen molar-refractivity contribution in [2.45, 2.75) is 0 Å². The summed E-state index contributed by atoms with van der Waals surface area (Å²) in [6, 6.07) is 20.8. The third kappa shape index (κ3) is 3.53. The Balaban J connectivity index is 1.44. The van der Waals surface area contributed by atoms with Crippen molar-refractivity contribution in [1.29, 1.82) is 0 Å². The number of halogens is 1. The van der Waals surface area contributed by atoms with Crippen LogP contribution in [0.1, 0.15) is 20.7 Å². The molecular weight excluding hydrogens is 360 g/mol. The summed E-state index contributed by atoms with van der Waals surface area (Å²) in [6.07, 6.45) is 0. The van der Waals surface area contributed by atoms with Gasteiger partial charge in [-0.25, -0.2) is 0 Å². The monoisotopic (exact) mass is 378 g/mol. The Bertz CT molecular complexity index is 1010. The van der Waals surface area contributed by atoms with E-state index in [2.05, 4.69) is 0 Å². The van der Waals surface area contributed by atoms with Gasteiger partial charge in [-0.05, 0) is 35.0 Å². The molecule has 1 saturated heterocycles. The van der Waals surface area contributed by atoms with Crippen molar-refractivity contribution < 1.29 is 9.59 Å². The summed E-state index contributed by atoms with van der Waals surface area (Å²) >= 11 is 6.13. The number of fused-ring (bicyclic) bond motifs is 1. The summed E-state index contributed by atoms with van der Waals surface area (Å²) in [5.41, 5.74) is 1.19. The van der Waals surface area contributed by atoms with Crippen molar-refractivity contribution in [3.8, 4) is 0 Å². The van der Waals surface area contributed by atoms with E-state index in [-0.39, 0.29) is 11.8 Å². The van der Waals surface area contributed by atoms with Crippen LogP contribution in [0.5, 0.6) is 0 Å². The molecule has 136 valence electrons. The Hall–Kier alpha value is -2.85. The second kappa shape index (κ2) is 7.41. The highest BCUT2D eigenvalue weighted by atomic mass is 35.5. The lowest BCUT2D eigenvalue weighted by atomic mass is 10.1. The van der Waals surface area contributed by atoms with Gasteiger partial charge in [-0.2, -0.15) is 0 Å². The minimum atomic E-state index is -0.0848. The van der Waals surface area contributed by atoms with E-state index < -0.39 is 0 Å². The Morgan fingerprint density at radius 3 is 2.00 bits per heavy atom. The highest BCUT2D eigenvalue weighted by Gasteiger charge is 2.26. The molecule has 3 aromatic rings. The topological polar surface area (TPSA) is 40.6 Å². The summed E-state index contributed by atoms with van der Waals surface area (Å²) in [6.45, 7) is 2.04. The molecule has 0 aromatic heterocycles. The van der Waals surface area contributed by atoms with Crippen molar-refractivity contribution >= 4 is 34.2 Å². The van der Waals surface area contributed by atoms with Gasteiger partial charge in [0.15, 0.2) is 0 Å². The molecule has 0 spiro atoms. The summed E-state index contributed by atoms with van der Waals surface area (Å²) < 4.78 is 0. The second-order valence-electron chi connectivity index (χ2n) is 6.63. The highest BCUT2D eigenvalue weighted by molar-refractivity contribution is 6.33. The van der Waals surface area contributed by atoms with Gasteiger partial charge in [-0.1, -0.05) is 54.1 Å². The molecule has 1 aliphatic rings. The lowest BCUT2D eigenvalue weighted by Crippen LogP contribution is -2.50. The summed E-state index contributed by atoms with van der Waals surface area (Å²) in [4.78, 5) is 29.1. The van der Waals surface area contributed by atoms with Crippen LogP contribution in [0.3, 0.4) is 0 Å². The molecule has 1 fully saturated rings. The summed E-state index contributed by atoms with van der Waals surface area (Å²) in [5, 5.41) is 2.62. The average Bonchev–Trinajstić information content (AvgIpc) is 2.73. The molecule has 0 N–H and O–H groups in total. The third-order valence-electron chi connectivity index (χ3n) is 4.95. The number of rotatable bonds is 2. The molecule has 0 atom stereocenters. The van der Waals surface area contributed by atoms with E-state index in [0.717, 1.165) is 10.8 Å². The molecule has 0 unspecified atom stereocenters. The van der Waals surface area contributed by atoms with Crippen molar-refractivity contribution in [2.24, 2.45) is 0 Å². The number of carbonyl (C=O) groups is 2. The van der Waals surface area contributed by atoms with E-state index in [1.54, 1.807) is 34.1 Å². The van der Waals surface area contributed by atoms with Crippen molar-refractivity contribution in [3.05, 3.63) is 82.9 Å². The van der Waals surface area contributed by atoms with Gasteiger partial charge in [0, 0.05) is 31.7 Å². The lowest BCUT2D eigenvalue weighted by Gasteiger charge is -2.35. The van der Waals surface area contributed by atoms with Gasteiger partial charge in [-0.15, -0.1) is 0 Å². The maximum Gasteiger partial charge on any atom is 0.255 e. The molecule has 27 heavy (non-hydrogen) atoms. The molecule has 4 nitrogen and oxygen atoms in total. The standard InChI is InChI=1S/C22H19ClN2O2/c23-20-8-4-3-7-19(20)22(27)25-13-11-24(12-14-25)21(26)18-10-9-16-5-1-2-6-17(16)15-18/h1-10,15H,11-14H2. The van der Waals surface area contributed by atoms with Gasteiger partial charge in [0.05, 0.1) is 10.6 Å². The van der Waals surface area contributed by atoms with Gasteiger partial charge >= 0.3 is 0 Å². The Labute approximate surface area is 162 Å². The van der Waals surface area contributed by atoms with Gasteiger partial charge < -0.3 is 9.80 Å². The first-order valence-electron chi connectivity index (χ1n) is 8.95. The lowest BCUT2D eigenvalue weighted by molar-refractivity contribution is 0.0535. The third-order valence-corrected chi connectivity index (χ3v) is 5.28. The predicted octanol–water partition coefficient (Wildman–Crippen LogP) is 4.09. The Kier molecular flexibility index (Phi) is 4.82. The van der Waals surface area contributed by atoms with E-state index in [9.17, 15) is 9.59 Å². The number of carbonyl (C=O) groups excluding carboxylic acids is 2. The molecule has 0 bridgehead atoms. The van der Waals surface area contributed by atoms with Crippen LogP contribution in [-0.2, 0) is 0 Å². The molecule has 2 amide bonds. The molecule has 0 saturated carbocycles. The smallest absolute Gasteiger partial charge is 0.255 e. The van der Waals surface area contributed by atoms with Crippen molar-refractivity contribution in [1.82, 2.24) is 9.80 Å². The van der Waals surface area contributed by atoms with Crippen LogP contribution < -0.4 is 0 Å². The molecule has 1 heterocycles. The van der Waals surface area contributed by atoms with Crippen molar-refractivity contribution in [3.63, 3.8) is 0 Å². The van der Waals surface area contributed by atoms with E-state index in [1.807, 2.05) is 42.5 Å². The van der Waals surface area contributed by atoms with Gasteiger partial charge in [0.1, 0.15) is 0 Å². The maximum absolute atomic E-state index is 12.8. The Morgan fingerprint density at radius 2 is 1.30 bits per heavy atom. The largest absolute Gasteiger partial charge is 0.335 e. The first kappa shape index (κ1) is 17.6. The molecule has 5 heteroatoms. The van der Waals surface area contributed by atoms with Crippen LogP contribution in [-0.4, -0.2) is 47.8 Å². The highest BCUT2D eigenvalue weighted by Crippen LogP contribution is 2.20. The SMILES string of the molecule is O=C(c1ccc2ccccc2c1)N1CCN(C(=O)c2ccccc2Cl)CC1. The second-order valence-corrected chi connectivity index (χ2v) is 7.03. The predicted molar refractivity (Wildman–Crippen MR) is 107 cm³/mol. The summed E-state index contributed by atoms with van der Waals surface area (Å²) in [5.74, 6) is -0.0796. The van der Waals surface area contributed by atoms with Crippen LogP contribution in [0, 0.1) is 0 Å². The van der Waals surface area contributed by atoms with Gasteiger partial charge in [0.2, 0.25) is 0 Å². The molecule has 0 aliphatic carbocycles. The minimum Gasteiger partial charge on any atom is -0.335 e. The normalized spacial score (nSPS) is 14.4. The zero-order valence-electron chi connectivity index (χ0n) is 14.8. The fraction of sp³-hybridized carbons (Fsp3) is 0.182. The van der Waals surface area contributed by atoms with Crippen molar-refractivity contribution in [2.75, 3.05) is 26.2 Å². The molecule has 1 aliphatic heterocycles. The molecule has 3 aromatic carbocycles.